The number of hydrogen-bond donors (Lipinski definition) is 1. The standard InChI is InChI=1S/C21H20N2O4S/c1-13-18(22-20(27-13)15-7-8-28-12-15)9-19(24)23-10-16(17(11-23)21(25)26)14-5-3-2-4-6-14/h2-8,12,16-17H,9-11H2,1H3,(H,25,26). The Balaban J connectivity index is 1.50. The molecule has 1 aliphatic heterocycles. The second-order valence-corrected chi connectivity index (χ2v) is 7.75. The average Bonchev–Trinajstić information content (AvgIpc) is 3.42. The molecular formula is C21H20N2O4S. The second kappa shape index (κ2) is 7.59. The smallest absolute Gasteiger partial charge is 0.308 e. The molecule has 3 aromatic rings. The van der Waals surface area contributed by atoms with Gasteiger partial charge in [-0.15, -0.1) is 0 Å². The van der Waals surface area contributed by atoms with Gasteiger partial charge in [0, 0.05) is 30.0 Å². The second-order valence-electron chi connectivity index (χ2n) is 6.97. The molecule has 0 saturated carbocycles. The minimum Gasteiger partial charge on any atom is -0.481 e. The van der Waals surface area contributed by atoms with Gasteiger partial charge in [0.05, 0.1) is 18.0 Å². The number of carbonyl (C=O) groups excluding carboxylic acids is 1. The first kappa shape index (κ1) is 18.4. The number of carboxylic acids is 1. The molecule has 1 aromatic carbocycles. The zero-order chi connectivity index (χ0) is 19.7. The van der Waals surface area contributed by atoms with Crippen LogP contribution in [-0.2, 0) is 16.0 Å². The number of rotatable bonds is 5. The summed E-state index contributed by atoms with van der Waals surface area (Å²) in [5.74, 6) is -0.690. The van der Waals surface area contributed by atoms with E-state index in [2.05, 4.69) is 4.98 Å². The molecule has 3 heterocycles. The van der Waals surface area contributed by atoms with Gasteiger partial charge in [-0.1, -0.05) is 30.3 Å². The Bertz CT molecular complexity index is 981. The molecule has 0 bridgehead atoms. The highest BCUT2D eigenvalue weighted by atomic mass is 32.1. The lowest BCUT2D eigenvalue weighted by atomic mass is 9.89. The Kier molecular flexibility index (Phi) is 5.00. The van der Waals surface area contributed by atoms with Crippen molar-refractivity contribution in [2.24, 2.45) is 5.92 Å². The van der Waals surface area contributed by atoms with Crippen molar-refractivity contribution in [3.8, 4) is 11.5 Å². The first-order valence-corrected chi connectivity index (χ1v) is 10.0. The third kappa shape index (κ3) is 3.57. The van der Waals surface area contributed by atoms with E-state index in [0.717, 1.165) is 11.1 Å². The number of aryl methyl sites for hydroxylation is 1. The Morgan fingerprint density at radius 3 is 2.71 bits per heavy atom. The minimum absolute atomic E-state index is 0.104. The summed E-state index contributed by atoms with van der Waals surface area (Å²) in [7, 11) is 0. The molecule has 144 valence electrons. The molecule has 0 aliphatic carbocycles. The van der Waals surface area contributed by atoms with Crippen LogP contribution in [0.25, 0.3) is 11.5 Å². The Morgan fingerprint density at radius 2 is 2.04 bits per heavy atom. The third-order valence-corrected chi connectivity index (χ3v) is 5.88. The summed E-state index contributed by atoms with van der Waals surface area (Å²) in [6, 6.07) is 11.4. The summed E-state index contributed by atoms with van der Waals surface area (Å²) in [5.41, 5.74) is 2.44. The fourth-order valence-corrected chi connectivity index (χ4v) is 4.28. The van der Waals surface area contributed by atoms with Gasteiger partial charge in [0.1, 0.15) is 5.76 Å². The summed E-state index contributed by atoms with van der Waals surface area (Å²) in [6.07, 6.45) is 0.104. The molecule has 28 heavy (non-hydrogen) atoms. The Hall–Kier alpha value is -2.93. The number of carbonyl (C=O) groups is 2. The molecule has 4 rings (SSSR count). The van der Waals surface area contributed by atoms with Crippen LogP contribution >= 0.6 is 11.3 Å². The Morgan fingerprint density at radius 1 is 1.25 bits per heavy atom. The van der Waals surface area contributed by atoms with Gasteiger partial charge in [0.2, 0.25) is 11.8 Å². The molecule has 1 fully saturated rings. The number of aromatic nitrogens is 1. The molecule has 0 spiro atoms. The summed E-state index contributed by atoms with van der Waals surface area (Å²) in [6.45, 7) is 2.40. The van der Waals surface area contributed by atoms with E-state index < -0.39 is 11.9 Å². The highest BCUT2D eigenvalue weighted by Gasteiger charge is 2.40. The van der Waals surface area contributed by atoms with Crippen molar-refractivity contribution in [1.29, 1.82) is 0 Å². The SMILES string of the molecule is Cc1oc(-c2ccsc2)nc1CC(=O)N1CC(C(=O)O)C(c2ccccc2)C1. The van der Waals surface area contributed by atoms with E-state index in [9.17, 15) is 14.7 Å². The van der Waals surface area contributed by atoms with E-state index in [1.807, 2.05) is 47.2 Å². The van der Waals surface area contributed by atoms with E-state index in [4.69, 9.17) is 4.42 Å². The van der Waals surface area contributed by atoms with Crippen molar-refractivity contribution in [3.63, 3.8) is 0 Å². The molecule has 1 aliphatic rings. The topological polar surface area (TPSA) is 83.6 Å². The van der Waals surface area contributed by atoms with Crippen molar-refractivity contribution in [2.75, 3.05) is 13.1 Å². The number of nitrogens with zero attached hydrogens (tertiary/aromatic N) is 2. The molecule has 1 amide bonds. The van der Waals surface area contributed by atoms with Crippen LogP contribution in [0.4, 0.5) is 0 Å². The number of hydrogen-bond acceptors (Lipinski definition) is 5. The van der Waals surface area contributed by atoms with Crippen molar-refractivity contribution >= 4 is 23.2 Å². The molecule has 2 atom stereocenters. The van der Waals surface area contributed by atoms with Gasteiger partial charge < -0.3 is 14.4 Å². The van der Waals surface area contributed by atoms with Gasteiger partial charge in [-0.2, -0.15) is 11.3 Å². The predicted octanol–water partition coefficient (Wildman–Crippen LogP) is 3.58. The fourth-order valence-electron chi connectivity index (χ4n) is 3.65. The van der Waals surface area contributed by atoms with Crippen LogP contribution in [-0.4, -0.2) is 40.0 Å². The average molecular weight is 396 g/mol. The van der Waals surface area contributed by atoms with E-state index >= 15 is 0 Å². The molecule has 6 nitrogen and oxygen atoms in total. The number of benzene rings is 1. The monoisotopic (exact) mass is 396 g/mol. The fraction of sp³-hybridized carbons (Fsp3) is 0.286. The molecule has 1 N–H and O–H groups in total. The van der Waals surface area contributed by atoms with E-state index in [1.54, 1.807) is 23.2 Å². The summed E-state index contributed by atoms with van der Waals surface area (Å²) in [5, 5.41) is 13.5. The number of carboxylic acid groups (broad SMARTS) is 1. The zero-order valence-electron chi connectivity index (χ0n) is 15.4. The number of thiophene rings is 1. The molecular weight excluding hydrogens is 376 g/mol. The lowest BCUT2D eigenvalue weighted by Crippen LogP contribution is -2.31. The van der Waals surface area contributed by atoms with Crippen LogP contribution in [0.5, 0.6) is 0 Å². The van der Waals surface area contributed by atoms with Crippen molar-refractivity contribution in [1.82, 2.24) is 9.88 Å². The van der Waals surface area contributed by atoms with Gasteiger partial charge in [0.25, 0.3) is 0 Å². The normalized spacial score (nSPS) is 19.1. The summed E-state index contributed by atoms with van der Waals surface area (Å²) >= 11 is 1.55. The molecule has 7 heteroatoms. The van der Waals surface area contributed by atoms with Gasteiger partial charge in [-0.05, 0) is 23.9 Å². The van der Waals surface area contributed by atoms with Crippen molar-refractivity contribution in [2.45, 2.75) is 19.3 Å². The lowest BCUT2D eigenvalue weighted by molar-refractivity contribution is -0.141. The quantitative estimate of drug-likeness (QED) is 0.713. The van der Waals surface area contributed by atoms with Gasteiger partial charge in [-0.25, -0.2) is 4.98 Å². The number of oxazole rings is 1. The van der Waals surface area contributed by atoms with Crippen LogP contribution < -0.4 is 0 Å². The van der Waals surface area contributed by atoms with Gasteiger partial charge >= 0.3 is 5.97 Å². The van der Waals surface area contributed by atoms with Crippen LogP contribution in [0.2, 0.25) is 0 Å². The number of likely N-dealkylation sites (tertiary alicyclic amines) is 1. The van der Waals surface area contributed by atoms with Crippen LogP contribution in [0.1, 0.15) is 22.9 Å². The van der Waals surface area contributed by atoms with Crippen molar-refractivity contribution in [3.05, 3.63) is 64.2 Å². The predicted molar refractivity (Wildman–Crippen MR) is 105 cm³/mol. The number of amides is 1. The number of aliphatic carboxylic acids is 1. The third-order valence-electron chi connectivity index (χ3n) is 5.20. The van der Waals surface area contributed by atoms with Crippen LogP contribution in [0, 0.1) is 12.8 Å². The van der Waals surface area contributed by atoms with Crippen LogP contribution in [0.3, 0.4) is 0 Å². The highest BCUT2D eigenvalue weighted by molar-refractivity contribution is 7.08. The minimum atomic E-state index is -0.874. The van der Waals surface area contributed by atoms with E-state index in [-0.39, 0.29) is 24.8 Å². The largest absolute Gasteiger partial charge is 0.481 e. The maximum atomic E-state index is 12.9. The maximum absolute atomic E-state index is 12.9. The maximum Gasteiger partial charge on any atom is 0.308 e. The Labute approximate surface area is 166 Å². The van der Waals surface area contributed by atoms with E-state index in [0.29, 0.717) is 23.9 Å². The lowest BCUT2D eigenvalue weighted by Gasteiger charge is -2.16. The molecule has 2 aromatic heterocycles. The molecule has 1 saturated heterocycles. The van der Waals surface area contributed by atoms with Crippen molar-refractivity contribution < 1.29 is 19.1 Å². The van der Waals surface area contributed by atoms with Gasteiger partial charge in [-0.3, -0.25) is 9.59 Å². The van der Waals surface area contributed by atoms with Gasteiger partial charge in [0.15, 0.2) is 0 Å². The highest BCUT2D eigenvalue weighted by Crippen LogP contribution is 2.33. The van der Waals surface area contributed by atoms with E-state index in [1.165, 1.54) is 0 Å². The summed E-state index contributed by atoms with van der Waals surface area (Å²) in [4.78, 5) is 30.7. The first-order chi connectivity index (χ1) is 13.5. The molecule has 2 unspecified atom stereocenters. The summed E-state index contributed by atoms with van der Waals surface area (Å²) < 4.78 is 5.70. The van der Waals surface area contributed by atoms with Crippen LogP contribution in [0.15, 0.2) is 51.6 Å². The molecule has 0 radical (unpaired) electrons. The zero-order valence-corrected chi connectivity index (χ0v) is 16.2. The first-order valence-electron chi connectivity index (χ1n) is 9.07.